The van der Waals surface area contributed by atoms with Gasteiger partial charge in [0.1, 0.15) is 0 Å². The summed E-state index contributed by atoms with van der Waals surface area (Å²) in [5, 5.41) is 0. The molecule has 3 heteroatoms. The molecule has 0 aliphatic carbocycles. The molecule has 0 amide bonds. The van der Waals surface area contributed by atoms with Crippen molar-refractivity contribution < 1.29 is 8.95 Å². The Hall–Kier alpha value is -1.09. The Kier molecular flexibility index (Phi) is 5.64. The molecule has 1 aromatic carbocycles. The van der Waals surface area contributed by atoms with Crippen LogP contribution in [0.15, 0.2) is 36.6 Å². The molecule has 0 bridgehead atoms. The topological polar surface area (TPSA) is 26.3 Å². The summed E-state index contributed by atoms with van der Waals surface area (Å²) in [6.07, 6.45) is 5.13. The van der Waals surface area contributed by atoms with Crippen LogP contribution in [-0.2, 0) is 15.5 Å². The minimum atomic E-state index is -0.553. The Bertz CT molecular complexity index is 429. The molecule has 1 fully saturated rings. The van der Waals surface area contributed by atoms with E-state index in [1.807, 2.05) is 24.5 Å². The van der Waals surface area contributed by atoms with Gasteiger partial charge < -0.3 is 4.74 Å². The van der Waals surface area contributed by atoms with Gasteiger partial charge in [-0.15, -0.1) is 0 Å². The molecule has 0 N–H and O–H groups in total. The van der Waals surface area contributed by atoms with Gasteiger partial charge in [-0.1, -0.05) is 30.3 Å². The number of rotatable bonds is 5. The maximum Gasteiger partial charge on any atom is 0.0876 e. The van der Waals surface area contributed by atoms with Gasteiger partial charge in [0.15, 0.2) is 0 Å². The second-order valence-corrected chi connectivity index (χ2v) is 6.81. The van der Waals surface area contributed by atoms with Gasteiger partial charge in [-0.05, 0) is 43.2 Å². The summed E-state index contributed by atoms with van der Waals surface area (Å²) in [5.41, 5.74) is 2.36. The van der Waals surface area contributed by atoms with Crippen molar-refractivity contribution in [2.24, 2.45) is 5.92 Å². The Morgan fingerprint density at radius 1 is 1.32 bits per heavy atom. The van der Waals surface area contributed by atoms with Crippen LogP contribution >= 0.6 is 0 Å². The Morgan fingerprint density at radius 3 is 2.68 bits per heavy atom. The molecule has 0 aromatic heterocycles. The van der Waals surface area contributed by atoms with Gasteiger partial charge in [-0.2, -0.15) is 0 Å². The van der Waals surface area contributed by atoms with Gasteiger partial charge in [-0.25, -0.2) is 0 Å². The summed E-state index contributed by atoms with van der Waals surface area (Å²) in [6.45, 7) is 2.83. The third-order valence-electron chi connectivity index (χ3n) is 3.64. The van der Waals surface area contributed by atoms with Crippen LogP contribution in [0.2, 0.25) is 0 Å². The fourth-order valence-electron chi connectivity index (χ4n) is 2.32. The van der Waals surface area contributed by atoms with Crippen LogP contribution in [0.5, 0.6) is 0 Å². The van der Waals surface area contributed by atoms with E-state index >= 15 is 0 Å². The highest BCUT2D eigenvalue weighted by Crippen LogP contribution is 2.20. The van der Waals surface area contributed by atoms with E-state index < -0.39 is 10.8 Å². The van der Waals surface area contributed by atoms with Gasteiger partial charge in [0.05, 0.1) is 12.9 Å². The van der Waals surface area contributed by atoms with Crippen LogP contribution in [0.1, 0.15) is 31.7 Å². The molecule has 1 aliphatic heterocycles. The molecule has 0 unspecified atom stereocenters. The van der Waals surface area contributed by atoms with Crippen molar-refractivity contribution in [1.82, 2.24) is 0 Å². The predicted molar refractivity (Wildman–Crippen MR) is 81.3 cm³/mol. The average molecular weight is 278 g/mol. The zero-order chi connectivity index (χ0) is 13.5. The second kappa shape index (κ2) is 7.49. The van der Waals surface area contributed by atoms with Crippen molar-refractivity contribution in [3.05, 3.63) is 42.2 Å². The molecule has 104 valence electrons. The molecule has 1 aliphatic rings. The molecule has 19 heavy (non-hydrogen) atoms. The number of allylic oxidation sites excluding steroid dienone is 1. The van der Waals surface area contributed by atoms with Gasteiger partial charge in [0, 0.05) is 22.3 Å². The third-order valence-corrected chi connectivity index (χ3v) is 5.02. The van der Waals surface area contributed by atoms with Gasteiger partial charge >= 0.3 is 0 Å². The number of hydrogen-bond donors (Lipinski definition) is 0. The molecule has 1 saturated heterocycles. The lowest BCUT2D eigenvalue weighted by Gasteiger charge is -2.20. The van der Waals surface area contributed by atoms with Crippen molar-refractivity contribution in [3.8, 4) is 0 Å². The largest absolute Gasteiger partial charge is 0.501 e. The normalized spacial score (nSPS) is 24.2. The molecule has 1 aromatic rings. The van der Waals surface area contributed by atoms with E-state index in [1.54, 1.807) is 0 Å². The third kappa shape index (κ3) is 4.83. The summed E-state index contributed by atoms with van der Waals surface area (Å²) in [7, 11) is -0.553. The van der Waals surface area contributed by atoms with E-state index in [9.17, 15) is 4.21 Å². The molecule has 1 heterocycles. The van der Waals surface area contributed by atoms with E-state index in [4.69, 9.17) is 4.74 Å². The fourth-order valence-corrected chi connectivity index (χ4v) is 3.72. The Morgan fingerprint density at radius 2 is 2.00 bits per heavy atom. The monoisotopic (exact) mass is 278 g/mol. The smallest absolute Gasteiger partial charge is 0.0876 e. The van der Waals surface area contributed by atoms with Crippen molar-refractivity contribution in [1.29, 1.82) is 0 Å². The van der Waals surface area contributed by atoms with Crippen LogP contribution in [-0.4, -0.2) is 22.3 Å². The molecular formula is C16H22O2S. The van der Waals surface area contributed by atoms with Crippen molar-refractivity contribution >= 4 is 16.4 Å². The average Bonchev–Trinajstić information content (AvgIpc) is 2.46. The second-order valence-electron chi connectivity index (χ2n) is 5.12. The number of benzene rings is 1. The van der Waals surface area contributed by atoms with Crippen LogP contribution in [0.4, 0.5) is 0 Å². The first-order valence-electron chi connectivity index (χ1n) is 6.94. The summed E-state index contributed by atoms with van der Waals surface area (Å²) in [6, 6.07) is 10.3. The first-order valence-corrected chi connectivity index (χ1v) is 8.43. The lowest BCUT2D eigenvalue weighted by Crippen LogP contribution is -2.19. The standard InChI is InChI=1S/C16H22O2S/c1-14(16-5-3-2-4-6-16)13-18-10-7-15-8-11-19(17)12-9-15/h2-6,13,15H,7-12H2,1H3/b14-13-. The first kappa shape index (κ1) is 14.3. The minimum absolute atomic E-state index is 0.553. The summed E-state index contributed by atoms with van der Waals surface area (Å²) in [5.74, 6) is 2.45. The van der Waals surface area contributed by atoms with Gasteiger partial charge in [0.25, 0.3) is 0 Å². The highest BCUT2D eigenvalue weighted by Gasteiger charge is 2.17. The van der Waals surface area contributed by atoms with E-state index in [1.165, 1.54) is 5.56 Å². The molecule has 0 atom stereocenters. The van der Waals surface area contributed by atoms with Crippen molar-refractivity contribution in [2.45, 2.75) is 26.2 Å². The summed E-state index contributed by atoms with van der Waals surface area (Å²) in [4.78, 5) is 0. The SMILES string of the molecule is C/C(=C/OCCC1CCS(=O)CC1)c1ccccc1. The van der Waals surface area contributed by atoms with Crippen molar-refractivity contribution in [2.75, 3.05) is 18.1 Å². The summed E-state index contributed by atoms with van der Waals surface area (Å²) >= 11 is 0. The maximum atomic E-state index is 11.3. The molecular weight excluding hydrogens is 256 g/mol. The van der Waals surface area contributed by atoms with E-state index in [0.29, 0.717) is 5.92 Å². The maximum absolute atomic E-state index is 11.3. The number of hydrogen-bond acceptors (Lipinski definition) is 2. The lowest BCUT2D eigenvalue weighted by molar-refractivity contribution is 0.218. The first-order chi connectivity index (χ1) is 9.25. The highest BCUT2D eigenvalue weighted by molar-refractivity contribution is 7.85. The quantitative estimate of drug-likeness (QED) is 0.607. The van der Waals surface area contributed by atoms with Crippen LogP contribution in [0.3, 0.4) is 0 Å². The highest BCUT2D eigenvalue weighted by atomic mass is 32.2. The molecule has 2 nitrogen and oxygen atoms in total. The predicted octanol–water partition coefficient (Wildman–Crippen LogP) is 3.61. The van der Waals surface area contributed by atoms with E-state index in [0.717, 1.165) is 42.9 Å². The van der Waals surface area contributed by atoms with Crippen LogP contribution in [0, 0.1) is 5.92 Å². The van der Waals surface area contributed by atoms with Crippen LogP contribution in [0.25, 0.3) is 5.57 Å². The molecule has 2 rings (SSSR count). The van der Waals surface area contributed by atoms with Gasteiger partial charge in [-0.3, -0.25) is 4.21 Å². The van der Waals surface area contributed by atoms with E-state index in [2.05, 4.69) is 19.1 Å². The molecule has 0 spiro atoms. The minimum Gasteiger partial charge on any atom is -0.501 e. The Balaban J connectivity index is 1.70. The van der Waals surface area contributed by atoms with Gasteiger partial charge in [0.2, 0.25) is 0 Å². The summed E-state index contributed by atoms with van der Waals surface area (Å²) < 4.78 is 16.9. The lowest BCUT2D eigenvalue weighted by atomic mass is 10.00. The van der Waals surface area contributed by atoms with E-state index in [-0.39, 0.29) is 0 Å². The Labute approximate surface area is 118 Å². The zero-order valence-corrected chi connectivity index (χ0v) is 12.3. The van der Waals surface area contributed by atoms with Crippen LogP contribution < -0.4 is 0 Å². The zero-order valence-electron chi connectivity index (χ0n) is 11.5. The molecule has 0 radical (unpaired) electrons. The number of ether oxygens (including phenoxy) is 1. The fraction of sp³-hybridized carbons (Fsp3) is 0.500. The molecule has 0 saturated carbocycles. The van der Waals surface area contributed by atoms with Crippen molar-refractivity contribution in [3.63, 3.8) is 0 Å².